The van der Waals surface area contributed by atoms with Gasteiger partial charge in [-0.2, -0.15) is 9.78 Å². The number of furan rings is 1. The van der Waals surface area contributed by atoms with Crippen LogP contribution in [0.15, 0.2) is 104 Å². The normalized spacial score (nSPS) is 11.9. The van der Waals surface area contributed by atoms with E-state index in [0.29, 0.717) is 33.8 Å². The molecule has 0 atom stereocenters. The second-order valence-corrected chi connectivity index (χ2v) is 9.89. The number of ether oxygens (including phenoxy) is 1. The summed E-state index contributed by atoms with van der Waals surface area (Å²) in [7, 11) is 0. The lowest BCUT2D eigenvalue weighted by Crippen LogP contribution is -2.20. The molecule has 0 radical (unpaired) electrons. The Morgan fingerprint density at radius 3 is 2.57 bits per heavy atom. The van der Waals surface area contributed by atoms with E-state index in [4.69, 9.17) is 14.1 Å². The maximum atomic E-state index is 13.7. The summed E-state index contributed by atoms with van der Waals surface area (Å²) in [5.74, 6) is 1.46. The van der Waals surface area contributed by atoms with Crippen LogP contribution in [0, 0.1) is 0 Å². The lowest BCUT2D eigenvalue weighted by atomic mass is 10.0. The number of benzene rings is 4. The number of para-hydroxylation sites is 1. The third kappa shape index (κ3) is 4.32. The first kappa shape index (κ1) is 23.2. The largest absolute Gasteiger partial charge is 0.490 e. The Bertz CT molecular complexity index is 1890. The van der Waals surface area contributed by atoms with E-state index in [2.05, 4.69) is 21.0 Å². The predicted octanol–water partition coefficient (Wildman–Crippen LogP) is 7.39. The van der Waals surface area contributed by atoms with Gasteiger partial charge in [-0.3, -0.25) is 4.79 Å². The minimum atomic E-state index is -0.287. The maximum absolute atomic E-state index is 13.7. The summed E-state index contributed by atoms with van der Waals surface area (Å²) >= 11 is 3.50. The van der Waals surface area contributed by atoms with Gasteiger partial charge in [-0.05, 0) is 67.1 Å². The summed E-state index contributed by atoms with van der Waals surface area (Å²) in [5.41, 5.74) is 1.76. The van der Waals surface area contributed by atoms with E-state index in [1.165, 1.54) is 4.68 Å². The number of halogens is 1. The number of hydrogen-bond acceptors (Lipinski definition) is 5. The van der Waals surface area contributed by atoms with Gasteiger partial charge in [0.2, 0.25) is 5.82 Å². The molecular weight excluding hydrogens is 530 g/mol. The fraction of sp³-hybridized carbons (Fsp3) is 0.100. The van der Waals surface area contributed by atoms with Crippen LogP contribution in [-0.2, 0) is 0 Å². The van der Waals surface area contributed by atoms with Crippen molar-refractivity contribution in [2.24, 2.45) is 5.10 Å². The third-order valence-corrected chi connectivity index (χ3v) is 6.54. The third-order valence-electron chi connectivity index (χ3n) is 6.05. The zero-order valence-corrected chi connectivity index (χ0v) is 21.8. The molecule has 0 spiro atoms. The Labute approximate surface area is 221 Å². The molecule has 2 heterocycles. The average molecular weight is 552 g/mol. The maximum Gasteiger partial charge on any atom is 0.282 e. The van der Waals surface area contributed by atoms with Gasteiger partial charge in [-0.1, -0.05) is 58.4 Å². The van der Waals surface area contributed by atoms with Gasteiger partial charge in [0.1, 0.15) is 11.3 Å². The van der Waals surface area contributed by atoms with Crippen molar-refractivity contribution in [3.05, 3.63) is 105 Å². The first-order valence-corrected chi connectivity index (χ1v) is 12.7. The highest BCUT2D eigenvalue weighted by atomic mass is 79.9. The molecule has 0 fully saturated rings. The van der Waals surface area contributed by atoms with Crippen LogP contribution in [0.5, 0.6) is 5.75 Å². The second kappa shape index (κ2) is 9.33. The van der Waals surface area contributed by atoms with Gasteiger partial charge in [0.25, 0.3) is 5.56 Å². The average Bonchev–Trinajstić information content (AvgIpc) is 3.31. The topological polar surface area (TPSA) is 69.6 Å². The molecule has 0 bridgehead atoms. The van der Waals surface area contributed by atoms with Gasteiger partial charge in [0.05, 0.1) is 23.2 Å². The van der Waals surface area contributed by atoms with Gasteiger partial charge in [-0.15, -0.1) is 0 Å². The summed E-state index contributed by atoms with van der Waals surface area (Å²) in [6.45, 7) is 3.96. The van der Waals surface area contributed by atoms with Crippen LogP contribution in [0.2, 0.25) is 0 Å². The van der Waals surface area contributed by atoms with Crippen molar-refractivity contribution in [3.8, 4) is 17.3 Å². The summed E-state index contributed by atoms with van der Waals surface area (Å²) < 4.78 is 14.4. The Morgan fingerprint density at radius 2 is 1.73 bits per heavy atom. The molecule has 182 valence electrons. The number of hydrogen-bond donors (Lipinski definition) is 0. The van der Waals surface area contributed by atoms with Crippen molar-refractivity contribution in [1.82, 2.24) is 9.66 Å². The molecule has 0 aliphatic heterocycles. The zero-order valence-electron chi connectivity index (χ0n) is 20.2. The molecule has 0 aliphatic carbocycles. The smallest absolute Gasteiger partial charge is 0.282 e. The van der Waals surface area contributed by atoms with Crippen LogP contribution in [0.25, 0.3) is 44.2 Å². The Balaban J connectivity index is 1.59. The molecule has 37 heavy (non-hydrogen) atoms. The summed E-state index contributed by atoms with van der Waals surface area (Å²) in [6.07, 6.45) is 1.64. The van der Waals surface area contributed by atoms with Crippen molar-refractivity contribution in [3.63, 3.8) is 0 Å². The highest BCUT2D eigenvalue weighted by Crippen LogP contribution is 2.30. The van der Waals surface area contributed by atoms with Crippen LogP contribution < -0.4 is 10.3 Å². The van der Waals surface area contributed by atoms with Gasteiger partial charge < -0.3 is 9.15 Å². The van der Waals surface area contributed by atoms with Crippen molar-refractivity contribution < 1.29 is 9.15 Å². The molecule has 2 aromatic heterocycles. The van der Waals surface area contributed by atoms with E-state index in [1.54, 1.807) is 12.3 Å². The standard InChI is InChI=1S/C30H22BrN3O3/c1-18(2)36-27-13-11-19-7-3-4-8-22(19)24(27)17-32-34-29(33-25-10-6-5-9-23(25)30(34)35)28-16-20-15-21(31)12-14-26(20)37-28/h3-18H,1-2H3. The molecule has 0 amide bonds. The van der Waals surface area contributed by atoms with Gasteiger partial charge in [0, 0.05) is 15.4 Å². The van der Waals surface area contributed by atoms with Crippen molar-refractivity contribution in [1.29, 1.82) is 0 Å². The molecule has 4 aromatic carbocycles. The SMILES string of the molecule is CC(C)Oc1ccc2ccccc2c1C=Nn1c(-c2cc3cc(Br)ccc3o2)nc2ccccc2c1=O. The van der Waals surface area contributed by atoms with E-state index in [1.807, 2.05) is 92.7 Å². The van der Waals surface area contributed by atoms with Gasteiger partial charge in [-0.25, -0.2) is 4.98 Å². The Kier molecular flexibility index (Phi) is 5.85. The minimum absolute atomic E-state index is 0.0243. The van der Waals surface area contributed by atoms with Crippen LogP contribution in [0.1, 0.15) is 19.4 Å². The highest BCUT2D eigenvalue weighted by molar-refractivity contribution is 9.10. The van der Waals surface area contributed by atoms with E-state index >= 15 is 0 Å². The number of fused-ring (bicyclic) bond motifs is 3. The minimum Gasteiger partial charge on any atom is -0.490 e. The Hall–Kier alpha value is -4.23. The first-order valence-electron chi connectivity index (χ1n) is 11.9. The molecule has 0 unspecified atom stereocenters. The predicted molar refractivity (Wildman–Crippen MR) is 152 cm³/mol. The quantitative estimate of drug-likeness (QED) is 0.209. The molecule has 0 saturated carbocycles. The van der Waals surface area contributed by atoms with Gasteiger partial charge in [0.15, 0.2) is 5.76 Å². The van der Waals surface area contributed by atoms with E-state index < -0.39 is 0 Å². The fourth-order valence-corrected chi connectivity index (χ4v) is 4.77. The first-order chi connectivity index (χ1) is 18.0. The highest BCUT2D eigenvalue weighted by Gasteiger charge is 2.17. The number of nitrogens with zero attached hydrogens (tertiary/aromatic N) is 3. The second-order valence-electron chi connectivity index (χ2n) is 8.97. The van der Waals surface area contributed by atoms with Crippen LogP contribution >= 0.6 is 15.9 Å². The fourth-order valence-electron chi connectivity index (χ4n) is 4.40. The van der Waals surface area contributed by atoms with Crippen LogP contribution in [0.4, 0.5) is 0 Å². The molecular formula is C30H22BrN3O3. The monoisotopic (exact) mass is 551 g/mol. The van der Waals surface area contributed by atoms with Crippen LogP contribution in [-0.4, -0.2) is 22.0 Å². The summed E-state index contributed by atoms with van der Waals surface area (Å²) in [4.78, 5) is 18.5. The lowest BCUT2D eigenvalue weighted by molar-refractivity contribution is 0.242. The summed E-state index contributed by atoms with van der Waals surface area (Å²) in [5, 5.41) is 8.06. The van der Waals surface area contributed by atoms with E-state index in [-0.39, 0.29) is 11.7 Å². The number of aromatic nitrogens is 2. The zero-order chi connectivity index (χ0) is 25.5. The molecule has 6 rings (SSSR count). The molecule has 0 aliphatic rings. The van der Waals surface area contributed by atoms with E-state index in [0.717, 1.165) is 26.2 Å². The summed E-state index contributed by atoms with van der Waals surface area (Å²) in [6, 6.07) is 26.8. The van der Waals surface area contributed by atoms with Crippen molar-refractivity contribution >= 4 is 54.8 Å². The molecule has 6 aromatic rings. The Morgan fingerprint density at radius 1 is 0.946 bits per heavy atom. The lowest BCUT2D eigenvalue weighted by Gasteiger charge is -2.14. The van der Waals surface area contributed by atoms with Crippen molar-refractivity contribution in [2.75, 3.05) is 0 Å². The molecule has 0 N–H and O–H groups in total. The van der Waals surface area contributed by atoms with Crippen LogP contribution in [0.3, 0.4) is 0 Å². The van der Waals surface area contributed by atoms with Crippen molar-refractivity contribution in [2.45, 2.75) is 20.0 Å². The molecule has 6 nitrogen and oxygen atoms in total. The molecule has 7 heteroatoms. The number of rotatable bonds is 5. The van der Waals surface area contributed by atoms with Gasteiger partial charge >= 0.3 is 0 Å². The van der Waals surface area contributed by atoms with E-state index in [9.17, 15) is 4.79 Å². The molecule has 0 saturated heterocycles.